The highest BCUT2D eigenvalue weighted by molar-refractivity contribution is 5.96. The number of halogens is 3. The van der Waals surface area contributed by atoms with Crippen LogP contribution in [0.1, 0.15) is 80.0 Å². The van der Waals surface area contributed by atoms with Crippen molar-refractivity contribution in [3.8, 4) is 0 Å². The maximum atomic E-state index is 15.9. The molecule has 1 aliphatic heterocycles. The van der Waals surface area contributed by atoms with Crippen LogP contribution >= 0.6 is 0 Å². The molecule has 2 aromatic rings. The molecule has 2 aliphatic rings. The molecule has 7 nitrogen and oxygen atoms in total. The number of carbonyl (C=O) groups excluding carboxylic acids is 2. The van der Waals surface area contributed by atoms with Gasteiger partial charge in [0.05, 0.1) is 39.1 Å². The lowest BCUT2D eigenvalue weighted by Gasteiger charge is -2.44. The molecule has 45 heavy (non-hydrogen) atoms. The third-order valence-electron chi connectivity index (χ3n) is 8.03. The number of Topliss-reactive ketones (excluding diaryl/α,β-unsaturated/α-hetero) is 1. The van der Waals surface area contributed by atoms with Crippen molar-refractivity contribution in [2.45, 2.75) is 71.1 Å². The number of benzene rings is 2. The van der Waals surface area contributed by atoms with E-state index >= 15 is 13.2 Å². The molecule has 0 saturated carbocycles. The average molecular weight is 632 g/mol. The van der Waals surface area contributed by atoms with E-state index in [1.165, 1.54) is 13.8 Å². The molecule has 0 N–H and O–H groups in total. The van der Waals surface area contributed by atoms with E-state index in [1.54, 1.807) is 6.92 Å². The number of alkyl halides is 1. The fourth-order valence-electron chi connectivity index (χ4n) is 6.13. The van der Waals surface area contributed by atoms with Gasteiger partial charge in [-0.2, -0.15) is 0 Å². The van der Waals surface area contributed by atoms with Crippen LogP contribution in [-0.2, 0) is 30.2 Å². The molecule has 0 radical (unpaired) electrons. The lowest BCUT2D eigenvalue weighted by Crippen LogP contribution is -2.47. The summed E-state index contributed by atoms with van der Waals surface area (Å²) in [6.45, 7) is 8.27. The minimum Gasteiger partial charge on any atom is -0.464 e. The van der Waals surface area contributed by atoms with Crippen LogP contribution in [0.4, 0.5) is 13.2 Å². The van der Waals surface area contributed by atoms with Gasteiger partial charge in [0.1, 0.15) is 23.9 Å². The summed E-state index contributed by atoms with van der Waals surface area (Å²) in [5.74, 6) is -2.42. The summed E-state index contributed by atoms with van der Waals surface area (Å²) in [5.41, 5.74) is 2.39. The number of carbonyl (C=O) groups is 2. The highest BCUT2D eigenvalue weighted by atomic mass is 19.1. The molecule has 1 heterocycles. The van der Waals surface area contributed by atoms with E-state index in [1.807, 2.05) is 36.1 Å². The van der Waals surface area contributed by atoms with Gasteiger partial charge in [0.2, 0.25) is 0 Å². The number of ether oxygens (including phenoxy) is 4. The topological polar surface area (TPSA) is 74.3 Å². The van der Waals surface area contributed by atoms with Crippen molar-refractivity contribution >= 4 is 17.3 Å². The van der Waals surface area contributed by atoms with Gasteiger partial charge in [-0.1, -0.05) is 24.3 Å². The lowest BCUT2D eigenvalue weighted by molar-refractivity contribution is -0.149. The Bertz CT molecular complexity index is 1350. The van der Waals surface area contributed by atoms with Crippen LogP contribution in [0.3, 0.4) is 0 Å². The average Bonchev–Trinajstić information content (AvgIpc) is 3.34. The minimum atomic E-state index is -1.58. The Kier molecular flexibility index (Phi) is 12.4. The maximum absolute atomic E-state index is 15.9. The Morgan fingerprint density at radius 3 is 2.29 bits per heavy atom. The van der Waals surface area contributed by atoms with Crippen LogP contribution < -0.4 is 0 Å². The van der Waals surface area contributed by atoms with E-state index in [2.05, 4.69) is 0 Å². The fourth-order valence-corrected chi connectivity index (χ4v) is 6.13. The van der Waals surface area contributed by atoms with Gasteiger partial charge in [0.15, 0.2) is 5.78 Å². The summed E-state index contributed by atoms with van der Waals surface area (Å²) in [5, 5.41) is 0. The summed E-state index contributed by atoms with van der Waals surface area (Å²) in [6.07, 6.45) is 1.65. The highest BCUT2D eigenvalue weighted by Gasteiger charge is 2.43. The van der Waals surface area contributed by atoms with Crippen molar-refractivity contribution in [2.75, 3.05) is 52.8 Å². The predicted octanol–water partition coefficient (Wildman–Crippen LogP) is 6.43. The Morgan fingerprint density at radius 2 is 1.62 bits per heavy atom. The largest absolute Gasteiger partial charge is 0.464 e. The van der Waals surface area contributed by atoms with Crippen LogP contribution in [-0.4, -0.2) is 81.2 Å². The molecule has 0 spiro atoms. The first-order chi connectivity index (χ1) is 21.5. The molecule has 0 unspecified atom stereocenters. The summed E-state index contributed by atoms with van der Waals surface area (Å²) in [7, 11) is 0. The molecule has 2 atom stereocenters. The lowest BCUT2D eigenvalue weighted by atomic mass is 9.83. The Labute approximate surface area is 263 Å². The van der Waals surface area contributed by atoms with Crippen molar-refractivity contribution in [3.63, 3.8) is 0 Å². The number of rotatable bonds is 17. The molecule has 0 amide bonds. The molecule has 0 aromatic heterocycles. The van der Waals surface area contributed by atoms with Crippen molar-refractivity contribution in [2.24, 2.45) is 0 Å². The van der Waals surface area contributed by atoms with Crippen LogP contribution in [0.25, 0.3) is 5.57 Å². The van der Waals surface area contributed by atoms with Crippen LogP contribution in [0, 0.1) is 11.6 Å². The molecule has 246 valence electrons. The summed E-state index contributed by atoms with van der Waals surface area (Å²) in [4.78, 5) is 25.9. The molecule has 10 heteroatoms. The van der Waals surface area contributed by atoms with Gasteiger partial charge in [0, 0.05) is 36.7 Å². The van der Waals surface area contributed by atoms with Gasteiger partial charge < -0.3 is 18.9 Å². The minimum absolute atomic E-state index is 0.0137. The number of ketones is 1. The molecular weight excluding hydrogens is 587 g/mol. The predicted molar refractivity (Wildman–Crippen MR) is 165 cm³/mol. The second-order valence-corrected chi connectivity index (χ2v) is 12.1. The van der Waals surface area contributed by atoms with E-state index in [0.29, 0.717) is 45.7 Å². The number of hydrogen-bond donors (Lipinski definition) is 0. The zero-order valence-electron chi connectivity index (χ0n) is 26.6. The summed E-state index contributed by atoms with van der Waals surface area (Å²) in [6, 6.07) is 9.26. The van der Waals surface area contributed by atoms with E-state index < -0.39 is 29.3 Å². The van der Waals surface area contributed by atoms with Crippen LogP contribution in [0.2, 0.25) is 0 Å². The third kappa shape index (κ3) is 9.25. The number of esters is 1. The first-order valence-electron chi connectivity index (χ1n) is 15.7. The van der Waals surface area contributed by atoms with E-state index in [0.717, 1.165) is 34.4 Å². The van der Waals surface area contributed by atoms with Crippen LogP contribution in [0.15, 0.2) is 42.0 Å². The Balaban J connectivity index is 1.34. The number of nitrogens with zero attached hydrogens (tertiary/aromatic N) is 1. The normalized spacial score (nSPS) is 18.2. The SMILES string of the molecule is CCOC(=O)COCCOCCOCCCC(=O)c1cc(F)c([C@@H]2C3=C(C[C@@H](C)N2CC(C)(C)F)c2ccccc2C3)c(F)c1. The molecule has 0 saturated heterocycles. The fraction of sp³-hybridized carbons (Fsp3) is 0.543. The van der Waals surface area contributed by atoms with Gasteiger partial charge >= 0.3 is 5.97 Å². The van der Waals surface area contributed by atoms with Crippen molar-refractivity contribution in [1.82, 2.24) is 4.90 Å². The van der Waals surface area contributed by atoms with E-state index in [9.17, 15) is 9.59 Å². The van der Waals surface area contributed by atoms with Gasteiger partial charge in [-0.3, -0.25) is 9.69 Å². The molecule has 1 aliphatic carbocycles. The quantitative estimate of drug-likeness (QED) is 0.113. The zero-order valence-corrected chi connectivity index (χ0v) is 26.6. The van der Waals surface area contributed by atoms with Crippen molar-refractivity contribution in [3.05, 3.63) is 75.9 Å². The number of fused-ring (bicyclic) bond motifs is 2. The van der Waals surface area contributed by atoms with E-state index in [-0.39, 0.29) is 55.7 Å². The van der Waals surface area contributed by atoms with Crippen molar-refractivity contribution in [1.29, 1.82) is 0 Å². The smallest absolute Gasteiger partial charge is 0.332 e. The maximum Gasteiger partial charge on any atom is 0.332 e. The Morgan fingerprint density at radius 1 is 0.978 bits per heavy atom. The highest BCUT2D eigenvalue weighted by Crippen LogP contribution is 2.50. The molecule has 2 aromatic carbocycles. The van der Waals surface area contributed by atoms with Gasteiger partial charge in [-0.25, -0.2) is 18.0 Å². The standard InChI is InChI=1S/C35H44F3NO6/c1-5-45-32(41)21-44-16-15-43-14-13-42-12-8-11-31(40)25-19-29(36)33(30(37)20-25)34-28-18-24-9-6-7-10-26(24)27(28)17-23(2)39(34)22-35(3,4)38/h6-7,9-10,19-20,23,34H,5,8,11-18,21-22H2,1-4H3/t23-,34+/m1/s1. The monoisotopic (exact) mass is 631 g/mol. The van der Waals surface area contributed by atoms with Gasteiger partial charge in [-0.15, -0.1) is 0 Å². The molecule has 4 rings (SSSR count). The summed E-state index contributed by atoms with van der Waals surface area (Å²) >= 11 is 0. The second kappa shape index (κ2) is 16.0. The van der Waals surface area contributed by atoms with Gasteiger partial charge in [-0.05, 0) is 81.4 Å². The first kappa shape index (κ1) is 34.8. The Hall–Kier alpha value is -3.05. The number of hydrogen-bond acceptors (Lipinski definition) is 7. The second-order valence-electron chi connectivity index (χ2n) is 12.1. The molecular formula is C35H44F3NO6. The summed E-state index contributed by atoms with van der Waals surface area (Å²) < 4.78 is 67.5. The third-order valence-corrected chi connectivity index (χ3v) is 8.03. The first-order valence-corrected chi connectivity index (χ1v) is 15.7. The zero-order chi connectivity index (χ0) is 32.6. The molecule has 0 fully saturated rings. The molecule has 0 bridgehead atoms. The van der Waals surface area contributed by atoms with Crippen molar-refractivity contribution < 1.29 is 41.7 Å². The van der Waals surface area contributed by atoms with Crippen LogP contribution in [0.5, 0.6) is 0 Å². The van der Waals surface area contributed by atoms with Gasteiger partial charge in [0.25, 0.3) is 0 Å². The van der Waals surface area contributed by atoms with E-state index in [4.69, 9.17) is 18.9 Å².